The molecule has 0 aliphatic rings. The topological polar surface area (TPSA) is 38.7 Å². The van der Waals surface area contributed by atoms with Crippen LogP contribution in [0.5, 0.6) is 0 Å². The zero-order chi connectivity index (χ0) is 13.2. The van der Waals surface area contributed by atoms with Gasteiger partial charge in [0, 0.05) is 6.61 Å². The highest BCUT2D eigenvalue weighted by molar-refractivity contribution is 5.24. The van der Waals surface area contributed by atoms with Gasteiger partial charge in [-0.3, -0.25) is 0 Å². The van der Waals surface area contributed by atoms with Gasteiger partial charge in [-0.2, -0.15) is 0 Å². The minimum atomic E-state index is -0.553. The van der Waals surface area contributed by atoms with Gasteiger partial charge in [-0.15, -0.1) is 0 Å². The monoisotopic (exact) mass is 252 g/mol. The average molecular weight is 252 g/mol. The van der Waals surface area contributed by atoms with Crippen molar-refractivity contribution in [3.05, 3.63) is 35.4 Å². The number of hydrogen-bond acceptors (Lipinski definition) is 3. The molecule has 0 radical (unpaired) electrons. The minimum absolute atomic E-state index is 0.320. The molecule has 0 heterocycles. The predicted molar refractivity (Wildman–Crippen MR) is 72.7 cm³/mol. The van der Waals surface area contributed by atoms with Crippen molar-refractivity contribution >= 4 is 0 Å². The van der Waals surface area contributed by atoms with E-state index in [1.807, 2.05) is 19.1 Å². The van der Waals surface area contributed by atoms with Crippen LogP contribution in [-0.4, -0.2) is 31.5 Å². The Kier molecular flexibility index (Phi) is 7.65. The average Bonchev–Trinajstić information content (AvgIpc) is 2.39. The summed E-state index contributed by atoms with van der Waals surface area (Å²) >= 11 is 0. The predicted octanol–water partition coefficient (Wildman–Crippen LogP) is 2.73. The molecule has 1 rings (SSSR count). The Labute approximate surface area is 110 Å². The maximum absolute atomic E-state index is 9.93. The fraction of sp³-hybridized carbons (Fsp3) is 0.600. The maximum Gasteiger partial charge on any atom is 0.102 e. The first kappa shape index (κ1) is 15.2. The van der Waals surface area contributed by atoms with Gasteiger partial charge in [0.2, 0.25) is 0 Å². The van der Waals surface area contributed by atoms with E-state index >= 15 is 0 Å². The van der Waals surface area contributed by atoms with Gasteiger partial charge in [0.25, 0.3) is 0 Å². The molecule has 0 saturated heterocycles. The smallest absolute Gasteiger partial charge is 0.102 e. The lowest BCUT2D eigenvalue weighted by Gasteiger charge is -2.12. The van der Waals surface area contributed by atoms with Crippen LogP contribution in [0.2, 0.25) is 0 Å². The molecule has 3 heteroatoms. The van der Waals surface area contributed by atoms with Crippen molar-refractivity contribution in [1.82, 2.24) is 0 Å². The summed E-state index contributed by atoms with van der Waals surface area (Å²) in [5, 5.41) is 9.93. The lowest BCUT2D eigenvalue weighted by atomic mass is 10.0. The molecule has 0 aromatic heterocycles. The van der Waals surface area contributed by atoms with Gasteiger partial charge in [-0.25, -0.2) is 0 Å². The largest absolute Gasteiger partial charge is 0.386 e. The molecular weight excluding hydrogens is 228 g/mol. The van der Waals surface area contributed by atoms with Gasteiger partial charge in [-0.05, 0) is 24.5 Å². The van der Waals surface area contributed by atoms with Gasteiger partial charge >= 0.3 is 0 Å². The van der Waals surface area contributed by atoms with Crippen LogP contribution in [-0.2, 0) is 15.9 Å². The maximum atomic E-state index is 9.93. The Morgan fingerprint density at radius 3 is 2.33 bits per heavy atom. The summed E-state index contributed by atoms with van der Waals surface area (Å²) in [6.07, 6.45) is 1.67. The van der Waals surface area contributed by atoms with E-state index in [9.17, 15) is 5.11 Å². The summed E-state index contributed by atoms with van der Waals surface area (Å²) in [5.41, 5.74) is 2.22. The number of aliphatic hydroxyl groups is 1. The second-order valence-corrected chi connectivity index (χ2v) is 4.28. The minimum Gasteiger partial charge on any atom is -0.386 e. The van der Waals surface area contributed by atoms with Crippen molar-refractivity contribution in [3.63, 3.8) is 0 Å². The van der Waals surface area contributed by atoms with Crippen molar-refractivity contribution in [1.29, 1.82) is 0 Å². The molecule has 0 fully saturated rings. The Bertz CT molecular complexity index is 308. The van der Waals surface area contributed by atoms with Crippen molar-refractivity contribution in [2.24, 2.45) is 0 Å². The summed E-state index contributed by atoms with van der Waals surface area (Å²) in [6, 6.07) is 8.09. The third kappa shape index (κ3) is 5.63. The van der Waals surface area contributed by atoms with Crippen molar-refractivity contribution in [2.45, 2.75) is 32.8 Å². The molecule has 0 spiro atoms. The van der Waals surface area contributed by atoms with E-state index in [0.717, 1.165) is 18.4 Å². The third-order valence-electron chi connectivity index (χ3n) is 2.76. The van der Waals surface area contributed by atoms with Crippen molar-refractivity contribution in [2.75, 3.05) is 26.4 Å². The fourth-order valence-electron chi connectivity index (χ4n) is 1.75. The number of rotatable bonds is 9. The molecular formula is C15H24O3. The van der Waals surface area contributed by atoms with Crippen LogP contribution in [0.4, 0.5) is 0 Å². The Morgan fingerprint density at radius 2 is 1.72 bits per heavy atom. The molecule has 0 bridgehead atoms. The quantitative estimate of drug-likeness (QED) is 0.687. The van der Waals surface area contributed by atoms with Crippen molar-refractivity contribution < 1.29 is 14.6 Å². The van der Waals surface area contributed by atoms with Gasteiger partial charge in [0.15, 0.2) is 0 Å². The van der Waals surface area contributed by atoms with Crippen LogP contribution in [0.3, 0.4) is 0 Å². The first-order valence-electron chi connectivity index (χ1n) is 6.70. The first-order valence-corrected chi connectivity index (χ1v) is 6.70. The molecule has 0 saturated carbocycles. The summed E-state index contributed by atoms with van der Waals surface area (Å²) < 4.78 is 10.5. The number of hydrogen-bond donors (Lipinski definition) is 1. The van der Waals surface area contributed by atoms with Crippen LogP contribution >= 0.6 is 0 Å². The second kappa shape index (κ2) is 9.09. The zero-order valence-electron chi connectivity index (χ0n) is 11.4. The van der Waals surface area contributed by atoms with Gasteiger partial charge in [0.1, 0.15) is 6.10 Å². The highest BCUT2D eigenvalue weighted by Gasteiger charge is 2.07. The van der Waals surface area contributed by atoms with E-state index in [-0.39, 0.29) is 0 Å². The highest BCUT2D eigenvalue weighted by Crippen LogP contribution is 2.15. The molecule has 1 aromatic carbocycles. The van der Waals surface area contributed by atoms with Crippen molar-refractivity contribution in [3.8, 4) is 0 Å². The standard InChI is InChI=1S/C15H24O3/c1-3-5-13-6-8-14(9-7-13)15(16)12-18-11-10-17-4-2/h6-9,15-16H,3-5,10-12H2,1-2H3. The van der Waals surface area contributed by atoms with Crippen LogP contribution in [0.25, 0.3) is 0 Å². The highest BCUT2D eigenvalue weighted by atomic mass is 16.5. The third-order valence-corrected chi connectivity index (χ3v) is 2.76. The first-order chi connectivity index (χ1) is 8.77. The van der Waals surface area contributed by atoms with E-state index in [1.165, 1.54) is 5.56 Å². The zero-order valence-corrected chi connectivity index (χ0v) is 11.4. The lowest BCUT2D eigenvalue weighted by Crippen LogP contribution is -2.11. The van der Waals surface area contributed by atoms with E-state index in [1.54, 1.807) is 0 Å². The van der Waals surface area contributed by atoms with E-state index in [4.69, 9.17) is 9.47 Å². The molecule has 1 aromatic rings. The Morgan fingerprint density at radius 1 is 1.06 bits per heavy atom. The summed E-state index contributed by atoms with van der Waals surface area (Å²) in [6.45, 7) is 6.24. The summed E-state index contributed by atoms with van der Waals surface area (Å²) in [4.78, 5) is 0. The molecule has 1 atom stereocenters. The normalized spacial score (nSPS) is 12.6. The Balaban J connectivity index is 2.30. The molecule has 102 valence electrons. The van der Waals surface area contributed by atoms with Gasteiger partial charge < -0.3 is 14.6 Å². The van der Waals surface area contributed by atoms with Crippen LogP contribution in [0.15, 0.2) is 24.3 Å². The fourth-order valence-corrected chi connectivity index (χ4v) is 1.75. The molecule has 0 aliphatic heterocycles. The Hall–Kier alpha value is -0.900. The number of benzene rings is 1. The molecule has 1 unspecified atom stereocenters. The number of aliphatic hydroxyl groups excluding tert-OH is 1. The lowest BCUT2D eigenvalue weighted by molar-refractivity contribution is 0.00531. The molecule has 0 aliphatic carbocycles. The summed E-state index contributed by atoms with van der Waals surface area (Å²) in [7, 11) is 0. The summed E-state index contributed by atoms with van der Waals surface area (Å²) in [5.74, 6) is 0. The number of aryl methyl sites for hydroxylation is 1. The van der Waals surface area contributed by atoms with E-state index in [2.05, 4.69) is 19.1 Å². The molecule has 3 nitrogen and oxygen atoms in total. The molecule has 1 N–H and O–H groups in total. The van der Waals surface area contributed by atoms with Crippen LogP contribution in [0, 0.1) is 0 Å². The van der Waals surface area contributed by atoms with Crippen LogP contribution in [0.1, 0.15) is 37.5 Å². The SMILES string of the molecule is CCCc1ccc(C(O)COCCOCC)cc1. The number of ether oxygens (including phenoxy) is 2. The molecule has 18 heavy (non-hydrogen) atoms. The van der Waals surface area contributed by atoms with E-state index < -0.39 is 6.10 Å². The van der Waals surface area contributed by atoms with E-state index in [0.29, 0.717) is 26.4 Å². The van der Waals surface area contributed by atoms with Gasteiger partial charge in [-0.1, -0.05) is 37.6 Å². The second-order valence-electron chi connectivity index (χ2n) is 4.28. The molecule has 0 amide bonds. The van der Waals surface area contributed by atoms with Crippen LogP contribution < -0.4 is 0 Å². The van der Waals surface area contributed by atoms with Gasteiger partial charge in [0.05, 0.1) is 19.8 Å².